The van der Waals surface area contributed by atoms with Gasteiger partial charge in [-0.25, -0.2) is 9.97 Å². The van der Waals surface area contributed by atoms with Crippen LogP contribution in [0.3, 0.4) is 0 Å². The van der Waals surface area contributed by atoms with Crippen LogP contribution in [-0.4, -0.2) is 55.5 Å². The summed E-state index contributed by atoms with van der Waals surface area (Å²) in [5.74, 6) is 1.38. The van der Waals surface area contributed by atoms with E-state index in [-0.39, 0.29) is 6.10 Å². The molecule has 0 aliphatic carbocycles. The Morgan fingerprint density at radius 3 is 2.74 bits per heavy atom. The Morgan fingerprint density at radius 1 is 1.10 bits per heavy atom. The van der Waals surface area contributed by atoms with E-state index >= 15 is 0 Å². The van der Waals surface area contributed by atoms with Crippen molar-refractivity contribution < 1.29 is 9.47 Å². The Labute approximate surface area is 186 Å². The Morgan fingerprint density at radius 2 is 1.94 bits per heavy atom. The van der Waals surface area contributed by atoms with E-state index in [1.165, 1.54) is 0 Å². The molecule has 0 bridgehead atoms. The Hall–Kier alpha value is -2.61. The maximum atomic E-state index is 6.55. The van der Waals surface area contributed by atoms with Crippen LogP contribution in [0, 0.1) is 0 Å². The number of hydrogen-bond acceptors (Lipinski definition) is 7. The van der Waals surface area contributed by atoms with E-state index in [0.29, 0.717) is 11.0 Å². The number of morpholine rings is 1. The van der Waals surface area contributed by atoms with Gasteiger partial charge in [0.25, 0.3) is 0 Å². The second kappa shape index (κ2) is 9.26. The zero-order valence-corrected chi connectivity index (χ0v) is 18.1. The van der Waals surface area contributed by atoms with Crippen LogP contribution < -0.4 is 20.3 Å². The quantitative estimate of drug-likeness (QED) is 0.622. The zero-order chi connectivity index (χ0) is 21.0. The van der Waals surface area contributed by atoms with E-state index in [1.807, 2.05) is 42.6 Å². The predicted molar refractivity (Wildman–Crippen MR) is 124 cm³/mol. The minimum atomic E-state index is 0.255. The third-order valence-corrected chi connectivity index (χ3v) is 6.00. The monoisotopic (exact) mass is 439 g/mol. The molecule has 0 amide bonds. The molecule has 2 N–H and O–H groups in total. The average Bonchev–Trinajstić information content (AvgIpc) is 2.80. The molecule has 2 aliphatic heterocycles. The summed E-state index contributed by atoms with van der Waals surface area (Å²) in [6, 6.07) is 11.9. The maximum absolute atomic E-state index is 6.55. The molecule has 2 aliphatic rings. The first-order valence-corrected chi connectivity index (χ1v) is 11.2. The van der Waals surface area contributed by atoms with Gasteiger partial charge >= 0.3 is 0 Å². The van der Waals surface area contributed by atoms with Crippen LogP contribution in [0.1, 0.15) is 12.8 Å². The summed E-state index contributed by atoms with van der Waals surface area (Å²) in [7, 11) is 0. The van der Waals surface area contributed by atoms with Crippen LogP contribution in [-0.2, 0) is 4.74 Å². The van der Waals surface area contributed by atoms with Crippen molar-refractivity contribution in [2.45, 2.75) is 18.9 Å². The predicted octanol–water partition coefficient (Wildman–Crippen LogP) is 3.99. The average molecular weight is 440 g/mol. The number of aromatic nitrogens is 2. The molecular formula is C23H26ClN5O2. The number of nitrogens with one attached hydrogen (secondary N) is 2. The first-order chi connectivity index (χ1) is 15.2. The highest BCUT2D eigenvalue weighted by Crippen LogP contribution is 2.30. The number of hydrogen-bond donors (Lipinski definition) is 2. The number of ether oxygens (including phenoxy) is 2. The van der Waals surface area contributed by atoms with Crippen molar-refractivity contribution in [2.75, 3.05) is 49.6 Å². The largest absolute Gasteiger partial charge is 0.490 e. The van der Waals surface area contributed by atoms with Gasteiger partial charge in [0.15, 0.2) is 0 Å². The maximum Gasteiger partial charge on any atom is 0.227 e. The fourth-order valence-corrected chi connectivity index (χ4v) is 4.32. The molecular weight excluding hydrogens is 414 g/mol. The molecule has 1 aromatic heterocycles. The van der Waals surface area contributed by atoms with Crippen molar-refractivity contribution in [2.24, 2.45) is 0 Å². The number of nitrogens with zero attached hydrogens (tertiary/aromatic N) is 3. The summed E-state index contributed by atoms with van der Waals surface area (Å²) < 4.78 is 11.6. The van der Waals surface area contributed by atoms with Gasteiger partial charge in [-0.15, -0.1) is 0 Å². The minimum Gasteiger partial charge on any atom is -0.490 e. The van der Waals surface area contributed by atoms with Gasteiger partial charge in [-0.2, -0.15) is 0 Å². The summed E-state index contributed by atoms with van der Waals surface area (Å²) in [4.78, 5) is 11.4. The highest BCUT2D eigenvalue weighted by atomic mass is 35.5. The van der Waals surface area contributed by atoms with Gasteiger partial charge in [0.05, 0.1) is 29.4 Å². The summed E-state index contributed by atoms with van der Waals surface area (Å²) in [5, 5.41) is 8.30. The van der Waals surface area contributed by atoms with Crippen molar-refractivity contribution in [1.29, 1.82) is 0 Å². The smallest absolute Gasteiger partial charge is 0.227 e. The second-order valence-corrected chi connectivity index (χ2v) is 8.28. The molecule has 2 fully saturated rings. The highest BCUT2D eigenvalue weighted by Gasteiger charge is 2.16. The standard InChI is InChI=1S/C23H26ClN5O2/c24-20-13-17(2-4-22(20)29-9-11-30-12-10-29)27-23-26-15-16-1-3-19(14-21(16)28-23)31-18-5-7-25-8-6-18/h1-4,13-15,18,25H,5-12H2,(H,26,27,28). The third kappa shape index (κ3) is 4.84. The Kier molecular flexibility index (Phi) is 6.06. The molecule has 2 aromatic carbocycles. The van der Waals surface area contributed by atoms with E-state index in [0.717, 1.165) is 80.3 Å². The molecule has 0 atom stereocenters. The molecule has 0 saturated carbocycles. The van der Waals surface area contributed by atoms with Crippen LogP contribution in [0.25, 0.3) is 10.9 Å². The number of benzene rings is 2. The van der Waals surface area contributed by atoms with Gasteiger partial charge in [-0.05, 0) is 56.3 Å². The number of rotatable bonds is 5. The van der Waals surface area contributed by atoms with Gasteiger partial charge in [-0.1, -0.05) is 11.6 Å². The lowest BCUT2D eigenvalue weighted by molar-refractivity contribution is 0.122. The molecule has 0 spiro atoms. The lowest BCUT2D eigenvalue weighted by atomic mass is 10.1. The van der Waals surface area contributed by atoms with E-state index in [2.05, 4.69) is 25.5 Å². The van der Waals surface area contributed by atoms with Crippen LogP contribution in [0.4, 0.5) is 17.3 Å². The molecule has 5 rings (SSSR count). The van der Waals surface area contributed by atoms with E-state index in [4.69, 9.17) is 21.1 Å². The van der Waals surface area contributed by atoms with E-state index in [1.54, 1.807) is 0 Å². The van der Waals surface area contributed by atoms with Gasteiger partial charge < -0.3 is 25.0 Å². The van der Waals surface area contributed by atoms with Crippen LogP contribution in [0.15, 0.2) is 42.6 Å². The molecule has 2 saturated heterocycles. The number of halogens is 1. The summed E-state index contributed by atoms with van der Waals surface area (Å²) in [6.45, 7) is 5.15. The van der Waals surface area contributed by atoms with Crippen LogP contribution in [0.5, 0.6) is 5.75 Å². The lowest BCUT2D eigenvalue weighted by Crippen LogP contribution is -2.36. The molecule has 0 unspecified atom stereocenters. The normalized spacial score (nSPS) is 17.6. The van der Waals surface area contributed by atoms with E-state index in [9.17, 15) is 0 Å². The van der Waals surface area contributed by atoms with Crippen molar-refractivity contribution in [1.82, 2.24) is 15.3 Å². The lowest BCUT2D eigenvalue weighted by Gasteiger charge is -2.29. The Bertz CT molecular complexity index is 1050. The summed E-state index contributed by atoms with van der Waals surface area (Å²) >= 11 is 6.55. The SMILES string of the molecule is Clc1cc(Nc2ncc3ccc(OC4CCNCC4)cc3n2)ccc1N1CCOCC1. The first-order valence-electron chi connectivity index (χ1n) is 10.8. The van der Waals surface area contributed by atoms with Crippen molar-refractivity contribution in [3.8, 4) is 5.75 Å². The van der Waals surface area contributed by atoms with Crippen molar-refractivity contribution in [3.63, 3.8) is 0 Å². The summed E-state index contributed by atoms with van der Waals surface area (Å²) in [6.07, 6.45) is 4.12. The Balaban J connectivity index is 1.32. The molecule has 3 aromatic rings. The molecule has 3 heterocycles. The topological polar surface area (TPSA) is 71.5 Å². The number of piperidine rings is 1. The van der Waals surface area contributed by atoms with Crippen LogP contribution >= 0.6 is 11.6 Å². The molecule has 7 nitrogen and oxygen atoms in total. The highest BCUT2D eigenvalue weighted by molar-refractivity contribution is 6.33. The molecule has 8 heteroatoms. The number of fused-ring (bicyclic) bond motifs is 1. The summed E-state index contributed by atoms with van der Waals surface area (Å²) in [5.41, 5.74) is 2.72. The van der Waals surface area contributed by atoms with Crippen molar-refractivity contribution in [3.05, 3.63) is 47.6 Å². The third-order valence-electron chi connectivity index (χ3n) is 5.70. The number of anilines is 3. The van der Waals surface area contributed by atoms with Gasteiger partial charge in [0, 0.05) is 36.4 Å². The molecule has 0 radical (unpaired) electrons. The van der Waals surface area contributed by atoms with Gasteiger partial charge in [0.2, 0.25) is 5.95 Å². The first kappa shape index (κ1) is 20.3. The van der Waals surface area contributed by atoms with Gasteiger partial charge in [-0.3, -0.25) is 0 Å². The second-order valence-electron chi connectivity index (χ2n) is 7.87. The minimum absolute atomic E-state index is 0.255. The van der Waals surface area contributed by atoms with E-state index < -0.39 is 0 Å². The van der Waals surface area contributed by atoms with Crippen molar-refractivity contribution >= 4 is 39.8 Å². The fourth-order valence-electron chi connectivity index (χ4n) is 4.02. The van der Waals surface area contributed by atoms with Crippen LogP contribution in [0.2, 0.25) is 5.02 Å². The fraction of sp³-hybridized carbons (Fsp3) is 0.391. The molecule has 31 heavy (non-hydrogen) atoms. The molecule has 162 valence electrons. The van der Waals surface area contributed by atoms with Gasteiger partial charge in [0.1, 0.15) is 11.9 Å². The zero-order valence-electron chi connectivity index (χ0n) is 17.3.